The van der Waals surface area contributed by atoms with E-state index < -0.39 is 46.5 Å². The summed E-state index contributed by atoms with van der Waals surface area (Å²) < 4.78 is 23.6. The van der Waals surface area contributed by atoms with Gasteiger partial charge in [0.15, 0.2) is 17.8 Å². The Hall–Kier alpha value is -4.09. The van der Waals surface area contributed by atoms with Crippen molar-refractivity contribution in [1.82, 2.24) is 0 Å². The molecule has 2 rings (SSSR count). The molecule has 3 atom stereocenters. The number of carbonyl (C=O) groups is 4. The van der Waals surface area contributed by atoms with Crippen LogP contribution in [0.5, 0.6) is 0 Å². The van der Waals surface area contributed by atoms with Gasteiger partial charge in [0, 0.05) is 13.0 Å². The topological polar surface area (TPSA) is 292 Å². The van der Waals surface area contributed by atoms with Crippen LogP contribution in [0.3, 0.4) is 0 Å². The van der Waals surface area contributed by atoms with E-state index in [1.807, 2.05) is 30.3 Å². The van der Waals surface area contributed by atoms with Crippen molar-refractivity contribution in [1.29, 1.82) is 0 Å². The Morgan fingerprint density at radius 2 is 1.18 bits per heavy atom. The first-order chi connectivity index (χ1) is 21.1. The van der Waals surface area contributed by atoms with Crippen LogP contribution in [0.4, 0.5) is 0 Å². The normalized spacial score (nSPS) is 11.6. The molecule has 2 aromatic carbocycles. The van der Waals surface area contributed by atoms with Crippen molar-refractivity contribution in [3.05, 3.63) is 71.8 Å². The van der Waals surface area contributed by atoms with E-state index in [-0.39, 0.29) is 29.9 Å². The van der Waals surface area contributed by atoms with Crippen molar-refractivity contribution in [3.63, 3.8) is 0 Å². The molecule has 45 heavy (non-hydrogen) atoms. The number of aliphatic carboxylic acids is 3. The molecule has 0 aliphatic heterocycles. The fraction of sp³-hybridized carbons (Fsp3) is 0.370. The van der Waals surface area contributed by atoms with Crippen LogP contribution in [-0.4, -0.2) is 89.8 Å². The molecule has 18 heteroatoms. The second-order valence-electron chi connectivity index (χ2n) is 8.70. The van der Waals surface area contributed by atoms with E-state index in [1.165, 1.54) is 0 Å². The third-order valence-corrected chi connectivity index (χ3v) is 5.99. The van der Waals surface area contributed by atoms with Gasteiger partial charge in [-0.2, -0.15) is 12.8 Å². The highest BCUT2D eigenvalue weighted by Gasteiger charge is 2.17. The highest BCUT2D eigenvalue weighted by Crippen LogP contribution is 2.06. The Morgan fingerprint density at radius 1 is 0.733 bits per heavy atom. The maximum atomic E-state index is 10.7. The minimum absolute atomic E-state index is 0.0129. The predicted molar refractivity (Wildman–Crippen MR) is 171 cm³/mol. The van der Waals surface area contributed by atoms with Crippen LogP contribution in [0.15, 0.2) is 70.0 Å². The number of nitrogens with zero attached hydrogens (tertiary/aromatic N) is 2. The van der Waals surface area contributed by atoms with Crippen LogP contribution < -0.4 is 22.9 Å². The van der Waals surface area contributed by atoms with Crippen molar-refractivity contribution in [2.45, 2.75) is 43.8 Å². The van der Waals surface area contributed by atoms with Gasteiger partial charge < -0.3 is 38.3 Å². The summed E-state index contributed by atoms with van der Waals surface area (Å²) in [6, 6.07) is 15.2. The lowest BCUT2D eigenvalue weighted by atomic mass is 10.1. The lowest BCUT2D eigenvalue weighted by Crippen LogP contribution is -2.32. The van der Waals surface area contributed by atoms with Gasteiger partial charge in [0.1, 0.15) is 12.1 Å². The Morgan fingerprint density at radius 3 is 1.51 bits per heavy atom. The van der Waals surface area contributed by atoms with Gasteiger partial charge >= 0.3 is 28.4 Å². The van der Waals surface area contributed by atoms with Gasteiger partial charge in [-0.1, -0.05) is 60.7 Å². The largest absolute Gasteiger partial charge is 0.480 e. The lowest BCUT2D eigenvalue weighted by Gasteiger charge is -2.04. The molecule has 0 unspecified atom stereocenters. The number of alkyl halides is 2. The van der Waals surface area contributed by atoms with Crippen LogP contribution in [0, 0.1) is 0 Å². The molecular formula is C27H38Cl2N6O9S. The van der Waals surface area contributed by atoms with E-state index in [1.54, 1.807) is 30.3 Å². The SMILES string of the molecule is NC(N)=NCCC[C@H](N)C(=O)O.N[C@@H](Cc1ccccc1)C(=O)O.O=C(CCl)CCl.O=C(O)[C@H](Cc1ccccc1)N=S(=O)=O. The number of hydrogen-bond donors (Lipinski definition) is 7. The van der Waals surface area contributed by atoms with Gasteiger partial charge in [0.2, 0.25) is 0 Å². The van der Waals surface area contributed by atoms with E-state index in [0.717, 1.165) is 11.1 Å². The molecular weight excluding hydrogens is 655 g/mol. The average Bonchev–Trinajstić information content (AvgIpc) is 3.00. The fourth-order valence-corrected chi connectivity index (χ4v) is 3.40. The molecule has 15 nitrogen and oxygen atoms in total. The van der Waals surface area contributed by atoms with E-state index in [4.69, 9.17) is 61.5 Å². The second-order valence-corrected chi connectivity index (χ2v) is 9.88. The monoisotopic (exact) mass is 692 g/mol. The number of carboxylic acids is 3. The standard InChI is InChI=1S/C9H9NO4S.C9H11NO2.C6H14N4O2.C3H4Cl2O/c11-9(12)8(10-15(13)14)6-7-4-2-1-3-5-7;10-8(9(11)12)6-7-4-2-1-3-5-7;7-4(5(11)12)2-1-3-10-6(8)9;4-1-3(6)2-5/h1-5,8H,6H2,(H,11,12);1-5,8H,6,10H2,(H,11,12);4H,1-3,7H2,(H,11,12)(H4,8,9,10);1-2H2/t2*8-;4-;/m000./s1. The zero-order valence-corrected chi connectivity index (χ0v) is 26.4. The molecule has 0 radical (unpaired) electrons. The fourth-order valence-electron chi connectivity index (χ4n) is 2.74. The van der Waals surface area contributed by atoms with Gasteiger partial charge in [-0.25, -0.2) is 4.79 Å². The molecule has 0 fully saturated rings. The maximum Gasteiger partial charge on any atom is 0.330 e. The van der Waals surface area contributed by atoms with Crippen LogP contribution in [0.2, 0.25) is 0 Å². The van der Waals surface area contributed by atoms with Gasteiger partial charge in [0.25, 0.3) is 0 Å². The van der Waals surface area contributed by atoms with Crippen molar-refractivity contribution in [2.75, 3.05) is 18.3 Å². The quantitative estimate of drug-likeness (QED) is 0.0626. The zero-order valence-electron chi connectivity index (χ0n) is 24.1. The first-order valence-corrected chi connectivity index (χ1v) is 15.0. The summed E-state index contributed by atoms with van der Waals surface area (Å²) in [6.45, 7) is 0.420. The second kappa shape index (κ2) is 26.3. The molecule has 0 heterocycles. The first kappa shape index (κ1) is 43.0. The van der Waals surface area contributed by atoms with E-state index in [9.17, 15) is 27.6 Å². The van der Waals surface area contributed by atoms with Crippen LogP contribution in [0.25, 0.3) is 0 Å². The third-order valence-electron chi connectivity index (χ3n) is 4.97. The molecule has 0 saturated carbocycles. The van der Waals surface area contributed by atoms with Crippen molar-refractivity contribution < 1.29 is 42.9 Å². The number of halogens is 2. The highest BCUT2D eigenvalue weighted by atomic mass is 35.5. The summed E-state index contributed by atoms with van der Waals surface area (Å²) in [5, 5.41) is 25.6. The maximum absolute atomic E-state index is 10.7. The number of Topliss-reactive ketones (excluding diaryl/α,β-unsaturated/α-hetero) is 1. The number of rotatable bonds is 14. The Balaban J connectivity index is 0. The summed E-state index contributed by atoms with van der Waals surface area (Å²) >= 11 is 10.0. The van der Waals surface area contributed by atoms with Crippen molar-refractivity contribution in [3.8, 4) is 0 Å². The predicted octanol–water partition coefficient (Wildman–Crippen LogP) is 0.871. The summed E-state index contributed by atoms with van der Waals surface area (Å²) in [6.07, 6.45) is 1.41. The van der Waals surface area contributed by atoms with E-state index >= 15 is 0 Å². The summed E-state index contributed by atoms with van der Waals surface area (Å²) in [7, 11) is -2.70. The van der Waals surface area contributed by atoms with E-state index in [2.05, 4.69) is 9.36 Å². The number of guanidine groups is 1. The molecule has 0 bridgehead atoms. The minimum Gasteiger partial charge on any atom is -0.480 e. The van der Waals surface area contributed by atoms with E-state index in [0.29, 0.717) is 25.8 Å². The number of benzene rings is 2. The zero-order chi connectivity index (χ0) is 34.8. The molecule has 250 valence electrons. The number of carboxylic acid groups (broad SMARTS) is 3. The molecule has 0 aliphatic rings. The average molecular weight is 694 g/mol. The van der Waals surface area contributed by atoms with Gasteiger partial charge in [0.05, 0.1) is 11.8 Å². The Bertz CT molecular complexity index is 1320. The molecule has 0 amide bonds. The third kappa shape index (κ3) is 26.1. The lowest BCUT2D eigenvalue weighted by molar-refractivity contribution is -0.139. The number of ketones is 1. The summed E-state index contributed by atoms with van der Waals surface area (Å²) in [4.78, 5) is 44.9. The molecule has 0 saturated heterocycles. The van der Waals surface area contributed by atoms with Crippen LogP contribution in [-0.2, 0) is 42.5 Å². The smallest absolute Gasteiger partial charge is 0.330 e. The molecule has 0 spiro atoms. The van der Waals surface area contributed by atoms with Crippen molar-refractivity contribution in [2.24, 2.45) is 32.3 Å². The van der Waals surface area contributed by atoms with Crippen LogP contribution >= 0.6 is 23.2 Å². The first-order valence-electron chi connectivity index (χ1n) is 12.9. The van der Waals surface area contributed by atoms with Gasteiger partial charge in [-0.3, -0.25) is 19.4 Å². The molecule has 11 N–H and O–H groups in total. The van der Waals surface area contributed by atoms with Crippen LogP contribution in [0.1, 0.15) is 24.0 Å². The number of aliphatic imine (C=N–C) groups is 1. The Kier molecular flexibility index (Phi) is 25.2. The highest BCUT2D eigenvalue weighted by molar-refractivity contribution is 7.61. The minimum atomic E-state index is -2.70. The molecule has 0 aromatic heterocycles. The van der Waals surface area contributed by atoms with Gasteiger partial charge in [-0.05, 0) is 30.4 Å². The van der Waals surface area contributed by atoms with Gasteiger partial charge in [-0.15, -0.1) is 23.2 Å². The number of hydrogen-bond acceptors (Lipinski definition) is 10. The Labute approximate surface area is 271 Å². The van der Waals surface area contributed by atoms with Crippen molar-refractivity contribution >= 4 is 63.4 Å². The molecule has 0 aliphatic carbocycles. The summed E-state index contributed by atoms with van der Waals surface area (Å²) in [5.74, 6) is -3.26. The summed E-state index contributed by atoms with van der Waals surface area (Å²) in [5.41, 5.74) is 22.4. The number of carbonyl (C=O) groups excluding carboxylic acids is 1. The number of nitrogens with two attached hydrogens (primary N) is 4. The molecule has 2 aromatic rings.